The van der Waals surface area contributed by atoms with E-state index in [0.717, 1.165) is 6.04 Å². The molecule has 0 radical (unpaired) electrons. The van der Waals surface area contributed by atoms with Crippen molar-refractivity contribution < 1.29 is 14.6 Å². The second kappa shape index (κ2) is 7.28. The Hall–Kier alpha value is -0.793. The highest BCUT2D eigenvalue weighted by molar-refractivity contribution is 6.76. The first-order valence-electron chi connectivity index (χ1n) is 7.29. The molecular weight excluding hydrogens is 268 g/mol. The van der Waals surface area contributed by atoms with Crippen LogP contribution < -0.4 is 0 Å². The first-order valence-corrected chi connectivity index (χ1v) is 11.0. The van der Waals surface area contributed by atoms with Crippen LogP contribution in [0.5, 0.6) is 0 Å². The molecule has 0 rings (SSSR count). The van der Waals surface area contributed by atoms with Gasteiger partial charge in [0.25, 0.3) is 0 Å². The maximum Gasteiger partial charge on any atom is 0.339 e. The number of esters is 1. The zero-order valence-electron chi connectivity index (χ0n) is 14.1. The van der Waals surface area contributed by atoms with Crippen LogP contribution in [-0.4, -0.2) is 31.4 Å². The minimum Gasteiger partial charge on any atom is -0.464 e. The number of carbonyl (C=O) groups excluding carboxylic acids is 1. The molecule has 0 unspecified atom stereocenters. The molecule has 4 heteroatoms. The zero-order valence-corrected chi connectivity index (χ0v) is 15.1. The highest BCUT2D eigenvalue weighted by Gasteiger charge is 2.35. The van der Waals surface area contributed by atoms with Crippen LogP contribution in [0.3, 0.4) is 0 Å². The Labute approximate surface area is 125 Å². The fraction of sp³-hybridized carbons (Fsp3) is 0.812. The van der Waals surface area contributed by atoms with E-state index in [9.17, 15) is 9.90 Å². The Kier molecular flexibility index (Phi) is 6.99. The molecule has 0 heterocycles. The van der Waals surface area contributed by atoms with Gasteiger partial charge in [-0.25, -0.2) is 4.79 Å². The zero-order chi connectivity index (χ0) is 16.0. The Morgan fingerprint density at radius 3 is 2.20 bits per heavy atom. The molecule has 0 fully saturated rings. The van der Waals surface area contributed by atoms with Crippen molar-refractivity contribution in [1.29, 1.82) is 0 Å². The number of aliphatic hydroxyl groups is 1. The average Bonchev–Trinajstić information content (AvgIpc) is 2.25. The second-order valence-electron chi connectivity index (χ2n) is 7.56. The van der Waals surface area contributed by atoms with Crippen molar-refractivity contribution >= 4 is 14.0 Å². The van der Waals surface area contributed by atoms with E-state index >= 15 is 0 Å². The lowest BCUT2D eigenvalue weighted by atomic mass is 9.94. The van der Waals surface area contributed by atoms with Crippen LogP contribution in [-0.2, 0) is 9.53 Å². The largest absolute Gasteiger partial charge is 0.464 e. The molecule has 0 bridgehead atoms. The van der Waals surface area contributed by atoms with Crippen LogP contribution in [0.4, 0.5) is 0 Å². The van der Waals surface area contributed by atoms with Gasteiger partial charge in [0, 0.05) is 19.9 Å². The van der Waals surface area contributed by atoms with Gasteiger partial charge in [-0.15, -0.1) is 0 Å². The first kappa shape index (κ1) is 19.2. The van der Waals surface area contributed by atoms with E-state index in [-0.39, 0.29) is 11.8 Å². The minimum absolute atomic E-state index is 0.129. The first-order chi connectivity index (χ1) is 8.90. The summed E-state index contributed by atoms with van der Waals surface area (Å²) in [7, 11) is -1.23. The van der Waals surface area contributed by atoms with E-state index in [4.69, 9.17) is 4.74 Å². The topological polar surface area (TPSA) is 46.5 Å². The molecule has 0 saturated heterocycles. The maximum absolute atomic E-state index is 12.0. The van der Waals surface area contributed by atoms with Crippen LogP contribution in [0.1, 0.15) is 40.5 Å². The van der Waals surface area contributed by atoms with Gasteiger partial charge in [0.15, 0.2) is 5.60 Å². The molecule has 0 aliphatic carbocycles. The lowest BCUT2D eigenvalue weighted by Crippen LogP contribution is -2.40. The maximum atomic E-state index is 12.0. The van der Waals surface area contributed by atoms with Gasteiger partial charge in [-0.2, -0.15) is 0 Å². The molecule has 1 N–H and O–H groups in total. The van der Waals surface area contributed by atoms with Crippen molar-refractivity contribution in [2.45, 2.75) is 71.8 Å². The van der Waals surface area contributed by atoms with Gasteiger partial charge < -0.3 is 9.84 Å². The third-order valence-electron chi connectivity index (χ3n) is 2.89. The molecule has 3 nitrogen and oxygen atoms in total. The lowest BCUT2D eigenvalue weighted by molar-refractivity contribution is -0.164. The normalized spacial score (nSPS) is 15.0. The van der Waals surface area contributed by atoms with Gasteiger partial charge in [-0.3, -0.25) is 0 Å². The van der Waals surface area contributed by atoms with Gasteiger partial charge in [-0.1, -0.05) is 38.4 Å². The van der Waals surface area contributed by atoms with Crippen molar-refractivity contribution in [3.63, 3.8) is 0 Å². The number of hydrogen-bond donors (Lipinski definition) is 1. The summed E-state index contributed by atoms with van der Waals surface area (Å²) >= 11 is 0. The van der Waals surface area contributed by atoms with Gasteiger partial charge >= 0.3 is 5.97 Å². The summed E-state index contributed by atoms with van der Waals surface area (Å²) in [5.74, 6) is 5.41. The highest BCUT2D eigenvalue weighted by atomic mass is 28.3. The Bertz CT molecular complexity index is 379. The highest BCUT2D eigenvalue weighted by Crippen LogP contribution is 2.19. The van der Waals surface area contributed by atoms with Gasteiger partial charge in [0.1, 0.15) is 0 Å². The van der Waals surface area contributed by atoms with E-state index < -0.39 is 19.6 Å². The predicted octanol–water partition coefficient (Wildman–Crippen LogP) is 3.45. The fourth-order valence-electron chi connectivity index (χ4n) is 1.38. The third-order valence-corrected chi connectivity index (χ3v) is 4.60. The van der Waals surface area contributed by atoms with E-state index in [0.29, 0.717) is 13.0 Å². The molecule has 0 aliphatic heterocycles. The van der Waals surface area contributed by atoms with Gasteiger partial charge in [-0.05, 0) is 33.2 Å². The van der Waals surface area contributed by atoms with Crippen molar-refractivity contribution in [2.24, 2.45) is 5.41 Å². The Morgan fingerprint density at radius 2 is 1.80 bits per heavy atom. The van der Waals surface area contributed by atoms with E-state index in [1.165, 1.54) is 0 Å². The summed E-state index contributed by atoms with van der Waals surface area (Å²) in [4.78, 5) is 12.0. The number of ether oxygens (including phenoxy) is 1. The lowest BCUT2D eigenvalue weighted by Gasteiger charge is -2.23. The van der Waals surface area contributed by atoms with Gasteiger partial charge in [0.05, 0.1) is 6.61 Å². The molecule has 0 amide bonds. The third kappa shape index (κ3) is 8.39. The van der Waals surface area contributed by atoms with Crippen LogP contribution >= 0.6 is 0 Å². The molecule has 0 aromatic heterocycles. The van der Waals surface area contributed by atoms with E-state index in [1.807, 2.05) is 20.8 Å². The quantitative estimate of drug-likeness (QED) is 0.464. The summed E-state index contributed by atoms with van der Waals surface area (Å²) in [6, 6.07) is 0.909. The molecule has 116 valence electrons. The summed E-state index contributed by atoms with van der Waals surface area (Å²) in [6.07, 6.45) is 0.449. The Balaban J connectivity index is 4.54. The standard InChI is InChI=1S/C16H30O3Si/c1-8-16(18,11-9-10-15(2,3)4)14(17)19-12-13-20(5,6)7/h18H,8,11-13H2,1-7H3/t16-/m0/s1. The molecular formula is C16H30O3Si. The molecule has 0 aliphatic rings. The number of rotatable bonds is 6. The van der Waals surface area contributed by atoms with E-state index in [1.54, 1.807) is 6.92 Å². The van der Waals surface area contributed by atoms with Gasteiger partial charge in [0.2, 0.25) is 0 Å². The van der Waals surface area contributed by atoms with Crippen LogP contribution in [0.15, 0.2) is 0 Å². The summed E-state index contributed by atoms with van der Waals surface area (Å²) in [6.45, 7) is 14.8. The van der Waals surface area contributed by atoms with Crippen LogP contribution in [0.2, 0.25) is 25.7 Å². The predicted molar refractivity (Wildman–Crippen MR) is 86.2 cm³/mol. The van der Waals surface area contributed by atoms with Crippen molar-refractivity contribution in [2.75, 3.05) is 6.61 Å². The summed E-state index contributed by atoms with van der Waals surface area (Å²) in [5.41, 5.74) is -1.60. The SMILES string of the molecule is CC[C@](O)(CC#CC(C)(C)C)C(=O)OCC[Si](C)(C)C. The van der Waals surface area contributed by atoms with E-state index in [2.05, 4.69) is 31.5 Å². The molecule has 20 heavy (non-hydrogen) atoms. The van der Waals surface area contributed by atoms with Crippen molar-refractivity contribution in [3.8, 4) is 11.8 Å². The molecule has 0 spiro atoms. The fourth-order valence-corrected chi connectivity index (χ4v) is 2.10. The van der Waals surface area contributed by atoms with Crippen molar-refractivity contribution in [3.05, 3.63) is 0 Å². The van der Waals surface area contributed by atoms with Crippen LogP contribution in [0.25, 0.3) is 0 Å². The van der Waals surface area contributed by atoms with Crippen LogP contribution in [0, 0.1) is 17.3 Å². The average molecular weight is 298 g/mol. The Morgan fingerprint density at radius 1 is 1.25 bits per heavy atom. The molecule has 1 atom stereocenters. The smallest absolute Gasteiger partial charge is 0.339 e. The molecule has 0 saturated carbocycles. The monoisotopic (exact) mass is 298 g/mol. The summed E-state index contributed by atoms with van der Waals surface area (Å²) in [5, 5.41) is 10.3. The molecule has 0 aromatic carbocycles. The minimum atomic E-state index is -1.47. The summed E-state index contributed by atoms with van der Waals surface area (Å²) < 4.78 is 5.23. The second-order valence-corrected chi connectivity index (χ2v) is 13.2. The number of carbonyl (C=O) groups is 1. The van der Waals surface area contributed by atoms with Crippen molar-refractivity contribution in [1.82, 2.24) is 0 Å². The molecule has 0 aromatic rings. The number of hydrogen-bond acceptors (Lipinski definition) is 3.